The summed E-state index contributed by atoms with van der Waals surface area (Å²) in [6.07, 6.45) is 1.41. The van der Waals surface area contributed by atoms with Crippen molar-refractivity contribution in [2.45, 2.75) is 11.6 Å². The van der Waals surface area contributed by atoms with Gasteiger partial charge in [0.1, 0.15) is 5.03 Å². The van der Waals surface area contributed by atoms with Gasteiger partial charge in [-0.2, -0.15) is 0 Å². The Balaban J connectivity index is 1.22. The Bertz CT molecular complexity index is 1010. The van der Waals surface area contributed by atoms with Crippen LogP contribution in [0.25, 0.3) is 0 Å². The molecule has 0 bridgehead atoms. The number of carbonyl (C=O) groups excluding carboxylic acids is 2. The van der Waals surface area contributed by atoms with Gasteiger partial charge in [-0.25, -0.2) is 0 Å². The van der Waals surface area contributed by atoms with Gasteiger partial charge in [0.15, 0.2) is 23.1 Å². The molecule has 0 saturated carbocycles. The zero-order valence-electron chi connectivity index (χ0n) is 15.1. The quantitative estimate of drug-likeness (QED) is 0.569. The molecule has 10 heteroatoms. The molecule has 2 aromatic heterocycles. The Morgan fingerprint density at radius 2 is 1.97 bits per heavy atom. The third kappa shape index (κ3) is 4.85. The van der Waals surface area contributed by atoms with Gasteiger partial charge in [-0.1, -0.05) is 17.8 Å². The molecule has 1 aliphatic rings. The van der Waals surface area contributed by atoms with E-state index in [1.165, 1.54) is 18.0 Å². The molecule has 4 rings (SSSR count). The molecule has 0 unspecified atom stereocenters. The molecule has 0 spiro atoms. The molecule has 9 nitrogen and oxygen atoms in total. The van der Waals surface area contributed by atoms with Crippen molar-refractivity contribution in [2.24, 2.45) is 0 Å². The van der Waals surface area contributed by atoms with Crippen molar-refractivity contribution < 1.29 is 23.5 Å². The van der Waals surface area contributed by atoms with E-state index >= 15 is 0 Å². The molecule has 2 N–H and O–H groups in total. The van der Waals surface area contributed by atoms with E-state index in [2.05, 4.69) is 20.8 Å². The van der Waals surface area contributed by atoms with Gasteiger partial charge < -0.3 is 24.5 Å². The number of fused-ring (bicyclic) bond motifs is 1. The minimum atomic E-state index is -0.410. The predicted octanol–water partition coefficient (Wildman–Crippen LogP) is 2.46. The summed E-state index contributed by atoms with van der Waals surface area (Å²) in [7, 11) is 0. The van der Waals surface area contributed by atoms with E-state index in [4.69, 9.17) is 13.9 Å². The third-order valence-corrected chi connectivity index (χ3v) is 4.82. The average molecular weight is 412 g/mol. The first-order chi connectivity index (χ1) is 14.2. The van der Waals surface area contributed by atoms with E-state index in [-0.39, 0.29) is 24.2 Å². The number of ether oxygens (including phenoxy) is 2. The van der Waals surface area contributed by atoms with E-state index in [9.17, 15) is 9.59 Å². The maximum absolute atomic E-state index is 12.1. The lowest BCUT2D eigenvalue weighted by molar-refractivity contribution is -0.118. The van der Waals surface area contributed by atoms with E-state index in [0.717, 1.165) is 5.56 Å². The van der Waals surface area contributed by atoms with Crippen molar-refractivity contribution in [1.29, 1.82) is 0 Å². The zero-order valence-corrected chi connectivity index (χ0v) is 15.9. The van der Waals surface area contributed by atoms with Gasteiger partial charge in [0.05, 0.1) is 12.0 Å². The number of hydrogen-bond acceptors (Lipinski definition) is 8. The molecule has 29 heavy (non-hydrogen) atoms. The lowest BCUT2D eigenvalue weighted by Gasteiger charge is -2.06. The van der Waals surface area contributed by atoms with Crippen LogP contribution in [0.4, 0.5) is 5.82 Å². The van der Waals surface area contributed by atoms with Gasteiger partial charge in [-0.15, -0.1) is 10.2 Å². The summed E-state index contributed by atoms with van der Waals surface area (Å²) < 4.78 is 15.6. The maximum atomic E-state index is 12.1. The minimum Gasteiger partial charge on any atom is -0.459 e. The highest BCUT2D eigenvalue weighted by Gasteiger charge is 2.14. The third-order valence-electron chi connectivity index (χ3n) is 3.90. The van der Waals surface area contributed by atoms with Gasteiger partial charge in [-0.05, 0) is 42.0 Å². The number of benzene rings is 1. The van der Waals surface area contributed by atoms with Gasteiger partial charge >= 0.3 is 0 Å². The molecule has 0 atom stereocenters. The van der Waals surface area contributed by atoms with Crippen molar-refractivity contribution in [1.82, 2.24) is 15.5 Å². The second-order valence-electron chi connectivity index (χ2n) is 5.94. The number of rotatable bonds is 7. The van der Waals surface area contributed by atoms with Crippen molar-refractivity contribution in [2.75, 3.05) is 17.9 Å². The van der Waals surface area contributed by atoms with E-state index in [1.54, 1.807) is 24.3 Å². The summed E-state index contributed by atoms with van der Waals surface area (Å²) in [5.41, 5.74) is 0.920. The Morgan fingerprint density at radius 1 is 1.07 bits per heavy atom. The molecule has 3 heterocycles. The standard InChI is InChI=1S/C19H16N4O5S/c24-17(20-9-12-3-4-13-15(8-12)28-11-27-13)10-29-18-6-5-16(22-23-18)21-19(25)14-2-1-7-26-14/h1-8H,9-11H2,(H,20,24)(H,21,22,25). The molecule has 0 fully saturated rings. The monoisotopic (exact) mass is 412 g/mol. The Kier molecular flexibility index (Phi) is 5.61. The number of hydrogen-bond donors (Lipinski definition) is 2. The molecular formula is C19H16N4O5S. The van der Waals surface area contributed by atoms with E-state index < -0.39 is 5.91 Å². The number of nitrogens with one attached hydrogen (secondary N) is 2. The minimum absolute atomic E-state index is 0.135. The normalized spacial score (nSPS) is 11.9. The van der Waals surface area contributed by atoms with Crippen LogP contribution in [0, 0.1) is 0 Å². The van der Waals surface area contributed by atoms with E-state index in [1.807, 2.05) is 18.2 Å². The number of thioether (sulfide) groups is 1. The highest BCUT2D eigenvalue weighted by Crippen LogP contribution is 2.32. The first-order valence-corrected chi connectivity index (χ1v) is 9.62. The van der Waals surface area contributed by atoms with Crippen LogP contribution in [-0.4, -0.2) is 34.6 Å². The summed E-state index contributed by atoms with van der Waals surface area (Å²) in [4.78, 5) is 23.9. The number of furan rings is 1. The largest absolute Gasteiger partial charge is 0.459 e. The Morgan fingerprint density at radius 3 is 2.76 bits per heavy atom. The highest BCUT2D eigenvalue weighted by atomic mass is 32.2. The molecule has 0 saturated heterocycles. The Labute approximate surface area is 169 Å². The topological polar surface area (TPSA) is 116 Å². The van der Waals surface area contributed by atoms with Crippen LogP contribution in [-0.2, 0) is 11.3 Å². The van der Waals surface area contributed by atoms with Gasteiger partial charge in [0, 0.05) is 6.54 Å². The first kappa shape index (κ1) is 18.8. The number of amides is 2. The zero-order chi connectivity index (χ0) is 20.1. The van der Waals surface area contributed by atoms with Crippen molar-refractivity contribution in [3.63, 3.8) is 0 Å². The van der Waals surface area contributed by atoms with Crippen LogP contribution in [0.3, 0.4) is 0 Å². The predicted molar refractivity (Wildman–Crippen MR) is 104 cm³/mol. The second kappa shape index (κ2) is 8.65. The molecule has 1 aromatic carbocycles. The maximum Gasteiger partial charge on any atom is 0.292 e. The molecule has 3 aromatic rings. The van der Waals surface area contributed by atoms with Crippen LogP contribution in [0.1, 0.15) is 16.1 Å². The molecule has 0 radical (unpaired) electrons. The van der Waals surface area contributed by atoms with Gasteiger partial charge in [0.25, 0.3) is 5.91 Å². The molecule has 2 amide bonds. The van der Waals surface area contributed by atoms with Crippen molar-refractivity contribution >= 4 is 29.4 Å². The smallest absolute Gasteiger partial charge is 0.292 e. The lowest BCUT2D eigenvalue weighted by Crippen LogP contribution is -2.24. The number of nitrogens with zero attached hydrogens (tertiary/aromatic N) is 2. The SMILES string of the molecule is O=C(CSc1ccc(NC(=O)c2ccco2)nn1)NCc1ccc2c(c1)OCO2. The number of anilines is 1. The van der Waals surface area contributed by atoms with Crippen molar-refractivity contribution in [3.8, 4) is 11.5 Å². The summed E-state index contributed by atoms with van der Waals surface area (Å²) in [5.74, 6) is 1.51. The molecule has 1 aliphatic heterocycles. The molecule has 148 valence electrons. The molecular weight excluding hydrogens is 396 g/mol. The van der Waals surface area contributed by atoms with Gasteiger partial charge in [-0.3, -0.25) is 9.59 Å². The fourth-order valence-electron chi connectivity index (χ4n) is 2.49. The lowest BCUT2D eigenvalue weighted by atomic mass is 10.2. The first-order valence-electron chi connectivity index (χ1n) is 8.64. The molecule has 0 aliphatic carbocycles. The fraction of sp³-hybridized carbons (Fsp3) is 0.158. The fourth-order valence-corrected chi connectivity index (χ4v) is 3.14. The number of carbonyl (C=O) groups is 2. The van der Waals surface area contributed by atoms with Crippen molar-refractivity contribution in [3.05, 3.63) is 60.1 Å². The summed E-state index contributed by atoms with van der Waals surface area (Å²) in [6, 6.07) is 12.0. The summed E-state index contributed by atoms with van der Waals surface area (Å²) in [5, 5.41) is 13.9. The summed E-state index contributed by atoms with van der Waals surface area (Å²) in [6.45, 7) is 0.605. The van der Waals surface area contributed by atoms with Crippen LogP contribution < -0.4 is 20.1 Å². The van der Waals surface area contributed by atoms with Crippen LogP contribution in [0.5, 0.6) is 11.5 Å². The number of aromatic nitrogens is 2. The van der Waals surface area contributed by atoms with Gasteiger partial charge in [0.2, 0.25) is 12.7 Å². The van der Waals surface area contributed by atoms with Crippen LogP contribution in [0.15, 0.2) is 58.2 Å². The second-order valence-corrected chi connectivity index (χ2v) is 6.94. The van der Waals surface area contributed by atoms with Crippen LogP contribution >= 0.6 is 11.8 Å². The highest BCUT2D eigenvalue weighted by molar-refractivity contribution is 7.99. The van der Waals surface area contributed by atoms with Crippen LogP contribution in [0.2, 0.25) is 0 Å². The average Bonchev–Trinajstić information content (AvgIpc) is 3.43. The summed E-state index contributed by atoms with van der Waals surface area (Å²) >= 11 is 1.25. The Hall–Kier alpha value is -3.53. The van der Waals surface area contributed by atoms with E-state index in [0.29, 0.717) is 28.9 Å².